The molecule has 1 amide bonds. The monoisotopic (exact) mass is 360 g/mol. The van der Waals surface area contributed by atoms with Gasteiger partial charge in [-0.15, -0.1) is 0 Å². The molecule has 1 heterocycles. The fourth-order valence-electron chi connectivity index (χ4n) is 2.55. The van der Waals surface area contributed by atoms with Crippen LogP contribution in [0.5, 0.6) is 0 Å². The van der Waals surface area contributed by atoms with Gasteiger partial charge < -0.3 is 10.6 Å². The number of amides is 1. The standard InChI is InChI=1S/C15H19BrF2N2O/c1-15(2,9-4-3-5-19-8-9)14(21)20-13-7-11(17)10(16)6-12(13)18/h6-7,9,19H,3-5,8H2,1-2H3,(H,20,21). The Hall–Kier alpha value is -1.01. The average molecular weight is 361 g/mol. The minimum Gasteiger partial charge on any atom is -0.323 e. The molecule has 21 heavy (non-hydrogen) atoms. The van der Waals surface area contributed by atoms with Gasteiger partial charge in [0.15, 0.2) is 0 Å². The first-order valence-corrected chi connectivity index (χ1v) is 7.78. The summed E-state index contributed by atoms with van der Waals surface area (Å²) in [5.41, 5.74) is -0.777. The van der Waals surface area contributed by atoms with E-state index in [1.165, 1.54) is 0 Å². The summed E-state index contributed by atoms with van der Waals surface area (Å²) in [4.78, 5) is 12.4. The second kappa shape index (κ2) is 6.40. The molecule has 1 atom stereocenters. The molecule has 0 aromatic heterocycles. The summed E-state index contributed by atoms with van der Waals surface area (Å²) in [7, 11) is 0. The zero-order chi connectivity index (χ0) is 15.6. The lowest BCUT2D eigenvalue weighted by atomic mass is 9.74. The van der Waals surface area contributed by atoms with E-state index >= 15 is 0 Å². The minimum absolute atomic E-state index is 0.0359. The van der Waals surface area contributed by atoms with Crippen LogP contribution in [0, 0.1) is 23.0 Å². The van der Waals surface area contributed by atoms with Crippen molar-refractivity contribution in [1.82, 2.24) is 5.32 Å². The Morgan fingerprint density at radius 1 is 1.38 bits per heavy atom. The Morgan fingerprint density at radius 3 is 2.71 bits per heavy atom. The van der Waals surface area contributed by atoms with Crippen molar-refractivity contribution in [2.45, 2.75) is 26.7 Å². The van der Waals surface area contributed by atoms with Gasteiger partial charge in [-0.1, -0.05) is 13.8 Å². The van der Waals surface area contributed by atoms with Crippen LogP contribution in [0.4, 0.5) is 14.5 Å². The smallest absolute Gasteiger partial charge is 0.230 e. The quantitative estimate of drug-likeness (QED) is 0.807. The third-order valence-electron chi connectivity index (χ3n) is 4.16. The third-order valence-corrected chi connectivity index (χ3v) is 4.77. The Kier molecular flexibility index (Phi) is 4.99. The van der Waals surface area contributed by atoms with Crippen molar-refractivity contribution in [2.24, 2.45) is 11.3 Å². The summed E-state index contributed by atoms with van der Waals surface area (Å²) in [6.07, 6.45) is 1.97. The van der Waals surface area contributed by atoms with E-state index < -0.39 is 17.0 Å². The van der Waals surface area contributed by atoms with E-state index in [9.17, 15) is 13.6 Å². The van der Waals surface area contributed by atoms with Gasteiger partial charge in [0.25, 0.3) is 0 Å². The van der Waals surface area contributed by atoms with Crippen molar-refractivity contribution >= 4 is 27.5 Å². The zero-order valence-corrected chi connectivity index (χ0v) is 13.7. The molecule has 2 rings (SSSR count). The summed E-state index contributed by atoms with van der Waals surface area (Å²) in [6.45, 7) is 5.40. The molecule has 6 heteroatoms. The molecule has 0 saturated carbocycles. The zero-order valence-electron chi connectivity index (χ0n) is 12.1. The lowest BCUT2D eigenvalue weighted by Gasteiger charge is -2.36. The highest BCUT2D eigenvalue weighted by Gasteiger charge is 2.37. The maximum absolute atomic E-state index is 13.8. The molecule has 0 bridgehead atoms. The topological polar surface area (TPSA) is 41.1 Å². The normalized spacial score (nSPS) is 19.4. The first-order valence-electron chi connectivity index (χ1n) is 6.99. The largest absolute Gasteiger partial charge is 0.323 e. The minimum atomic E-state index is -0.658. The number of carbonyl (C=O) groups is 1. The summed E-state index contributed by atoms with van der Waals surface area (Å²) in [6, 6.07) is 2.01. The maximum atomic E-state index is 13.8. The van der Waals surface area contributed by atoms with Crippen LogP contribution in [0.2, 0.25) is 0 Å². The molecule has 1 unspecified atom stereocenters. The van der Waals surface area contributed by atoms with Crippen molar-refractivity contribution in [3.63, 3.8) is 0 Å². The maximum Gasteiger partial charge on any atom is 0.230 e. The number of carbonyl (C=O) groups excluding carboxylic acids is 1. The Balaban J connectivity index is 2.15. The fraction of sp³-hybridized carbons (Fsp3) is 0.533. The van der Waals surface area contributed by atoms with Crippen LogP contribution in [0.3, 0.4) is 0 Å². The van der Waals surface area contributed by atoms with Crippen molar-refractivity contribution in [1.29, 1.82) is 0 Å². The van der Waals surface area contributed by atoms with Crippen LogP contribution in [0.1, 0.15) is 26.7 Å². The lowest BCUT2D eigenvalue weighted by Crippen LogP contribution is -2.44. The molecular weight excluding hydrogens is 342 g/mol. The molecule has 0 radical (unpaired) electrons. The van der Waals surface area contributed by atoms with Gasteiger partial charge in [0.1, 0.15) is 11.6 Å². The van der Waals surface area contributed by atoms with E-state index in [4.69, 9.17) is 0 Å². The van der Waals surface area contributed by atoms with Crippen LogP contribution in [0.15, 0.2) is 16.6 Å². The number of hydrogen-bond acceptors (Lipinski definition) is 2. The molecular formula is C15H19BrF2N2O. The number of rotatable bonds is 3. The second-order valence-electron chi connectivity index (χ2n) is 5.97. The molecule has 0 spiro atoms. The summed E-state index contributed by atoms with van der Waals surface area (Å²) in [5.74, 6) is -1.38. The molecule has 1 fully saturated rings. The van der Waals surface area contributed by atoms with Crippen molar-refractivity contribution in [3.8, 4) is 0 Å². The molecule has 1 saturated heterocycles. The Bertz CT molecular complexity index is 543. The molecule has 2 N–H and O–H groups in total. The van der Waals surface area contributed by atoms with Gasteiger partial charge in [0, 0.05) is 11.5 Å². The predicted molar refractivity (Wildman–Crippen MR) is 82.1 cm³/mol. The van der Waals surface area contributed by atoms with Gasteiger partial charge in [-0.2, -0.15) is 0 Å². The van der Waals surface area contributed by atoms with Crippen molar-refractivity contribution in [3.05, 3.63) is 28.2 Å². The van der Waals surface area contributed by atoms with Gasteiger partial charge in [0.05, 0.1) is 10.2 Å². The highest BCUT2D eigenvalue weighted by atomic mass is 79.9. The summed E-state index contributed by atoms with van der Waals surface area (Å²) < 4.78 is 27.3. The molecule has 3 nitrogen and oxygen atoms in total. The van der Waals surface area contributed by atoms with Gasteiger partial charge in [-0.05, 0) is 53.8 Å². The van der Waals surface area contributed by atoms with Crippen LogP contribution < -0.4 is 10.6 Å². The van der Waals surface area contributed by atoms with Crippen molar-refractivity contribution in [2.75, 3.05) is 18.4 Å². The van der Waals surface area contributed by atoms with E-state index in [0.717, 1.165) is 38.1 Å². The van der Waals surface area contributed by atoms with Crippen LogP contribution in [-0.4, -0.2) is 19.0 Å². The molecule has 1 aromatic rings. The number of benzene rings is 1. The van der Waals surface area contributed by atoms with E-state index in [0.29, 0.717) is 0 Å². The number of hydrogen-bond donors (Lipinski definition) is 2. The number of halogens is 3. The number of anilines is 1. The van der Waals surface area contributed by atoms with E-state index in [-0.39, 0.29) is 22.0 Å². The summed E-state index contributed by atoms with van der Waals surface area (Å²) in [5, 5.41) is 5.78. The molecule has 1 aliphatic rings. The number of piperidine rings is 1. The predicted octanol–water partition coefficient (Wildman–Crippen LogP) is 3.69. The van der Waals surface area contributed by atoms with Gasteiger partial charge in [0.2, 0.25) is 5.91 Å². The Morgan fingerprint density at radius 2 is 2.10 bits per heavy atom. The second-order valence-corrected chi connectivity index (χ2v) is 6.82. The van der Waals surface area contributed by atoms with Crippen LogP contribution >= 0.6 is 15.9 Å². The van der Waals surface area contributed by atoms with Crippen LogP contribution in [0.25, 0.3) is 0 Å². The molecule has 1 aliphatic heterocycles. The lowest BCUT2D eigenvalue weighted by molar-refractivity contribution is -0.127. The SMILES string of the molecule is CC(C)(C(=O)Nc1cc(F)c(Br)cc1F)C1CCCNC1. The average Bonchev–Trinajstić information content (AvgIpc) is 2.45. The number of nitrogens with one attached hydrogen (secondary N) is 2. The van der Waals surface area contributed by atoms with E-state index in [2.05, 4.69) is 26.6 Å². The summed E-state index contributed by atoms with van der Waals surface area (Å²) >= 11 is 2.91. The van der Waals surface area contributed by atoms with Gasteiger partial charge in [-0.25, -0.2) is 8.78 Å². The fourth-order valence-corrected chi connectivity index (χ4v) is 2.87. The first kappa shape index (κ1) is 16.4. The first-order chi connectivity index (χ1) is 9.82. The van der Waals surface area contributed by atoms with Crippen LogP contribution in [-0.2, 0) is 4.79 Å². The molecule has 1 aromatic carbocycles. The highest BCUT2D eigenvalue weighted by molar-refractivity contribution is 9.10. The third kappa shape index (κ3) is 3.61. The van der Waals surface area contributed by atoms with E-state index in [1.807, 2.05) is 13.8 Å². The Labute approximate surface area is 131 Å². The highest BCUT2D eigenvalue weighted by Crippen LogP contribution is 2.33. The van der Waals surface area contributed by atoms with Gasteiger partial charge in [-0.3, -0.25) is 4.79 Å². The van der Waals surface area contributed by atoms with Gasteiger partial charge >= 0.3 is 0 Å². The molecule has 0 aliphatic carbocycles. The van der Waals surface area contributed by atoms with Crippen molar-refractivity contribution < 1.29 is 13.6 Å². The molecule has 116 valence electrons. The van der Waals surface area contributed by atoms with E-state index in [1.54, 1.807) is 0 Å².